The van der Waals surface area contributed by atoms with Crippen LogP contribution in [0.1, 0.15) is 35.0 Å². The summed E-state index contributed by atoms with van der Waals surface area (Å²) < 4.78 is 5.24. The van der Waals surface area contributed by atoms with Crippen molar-refractivity contribution in [2.75, 3.05) is 0 Å². The molecule has 116 valence electrons. The van der Waals surface area contributed by atoms with Gasteiger partial charge in [0.15, 0.2) is 0 Å². The first-order valence-electron chi connectivity index (χ1n) is 7.12. The van der Waals surface area contributed by atoms with Crippen molar-refractivity contribution >= 4 is 5.91 Å². The molecule has 3 aromatic heterocycles. The van der Waals surface area contributed by atoms with Gasteiger partial charge in [0.25, 0.3) is 5.91 Å². The summed E-state index contributed by atoms with van der Waals surface area (Å²) in [7, 11) is 0. The van der Waals surface area contributed by atoms with Gasteiger partial charge in [-0.3, -0.25) is 14.8 Å². The molecule has 1 amide bonds. The van der Waals surface area contributed by atoms with Crippen molar-refractivity contribution in [3.63, 3.8) is 0 Å². The van der Waals surface area contributed by atoms with Crippen LogP contribution < -0.4 is 5.32 Å². The van der Waals surface area contributed by atoms with E-state index in [1.165, 1.54) is 0 Å². The summed E-state index contributed by atoms with van der Waals surface area (Å²) in [5.74, 6) is 0.501. The Bertz CT molecular complexity index is 816. The number of aromatic nitrogens is 4. The number of aryl methyl sites for hydroxylation is 1. The SMILES string of the molecule is Cc1cc(-c2noc([C@H](C)NC(=O)c3ccccn3)n2)ccn1. The van der Waals surface area contributed by atoms with Gasteiger partial charge in [-0.2, -0.15) is 4.98 Å². The molecule has 0 fully saturated rings. The molecule has 1 atom stereocenters. The first-order valence-corrected chi connectivity index (χ1v) is 7.12. The third-order valence-corrected chi connectivity index (χ3v) is 3.21. The molecule has 3 rings (SSSR count). The van der Waals surface area contributed by atoms with E-state index in [2.05, 4.69) is 25.4 Å². The van der Waals surface area contributed by atoms with E-state index in [1.54, 1.807) is 43.6 Å². The van der Waals surface area contributed by atoms with E-state index >= 15 is 0 Å². The van der Waals surface area contributed by atoms with E-state index in [4.69, 9.17) is 4.52 Å². The summed E-state index contributed by atoms with van der Waals surface area (Å²) in [5, 5.41) is 6.73. The second kappa shape index (κ2) is 6.35. The molecular formula is C16H15N5O2. The van der Waals surface area contributed by atoms with Crippen molar-refractivity contribution in [3.05, 3.63) is 60.0 Å². The minimum atomic E-state index is -0.423. The standard InChI is InChI=1S/C16H15N5O2/c1-10-9-12(6-8-17-10)14-20-16(23-21-14)11(2)19-15(22)13-5-3-4-7-18-13/h3-9,11H,1-2H3,(H,19,22)/t11-/m0/s1. The molecule has 0 aliphatic rings. The Labute approximate surface area is 132 Å². The monoisotopic (exact) mass is 309 g/mol. The Hall–Kier alpha value is -3.09. The van der Waals surface area contributed by atoms with Gasteiger partial charge in [0.1, 0.15) is 11.7 Å². The highest BCUT2D eigenvalue weighted by atomic mass is 16.5. The predicted molar refractivity (Wildman–Crippen MR) is 82.4 cm³/mol. The summed E-state index contributed by atoms with van der Waals surface area (Å²) in [6, 6.07) is 8.39. The average Bonchev–Trinajstić information content (AvgIpc) is 3.06. The molecule has 0 spiro atoms. The van der Waals surface area contributed by atoms with Crippen molar-refractivity contribution in [2.45, 2.75) is 19.9 Å². The first kappa shape index (κ1) is 14.8. The summed E-state index contributed by atoms with van der Waals surface area (Å²) in [5.41, 5.74) is 2.02. The van der Waals surface area contributed by atoms with Crippen LogP contribution in [0.2, 0.25) is 0 Å². The quantitative estimate of drug-likeness (QED) is 0.795. The maximum Gasteiger partial charge on any atom is 0.270 e. The van der Waals surface area contributed by atoms with E-state index in [1.807, 2.05) is 13.0 Å². The van der Waals surface area contributed by atoms with Crippen LogP contribution in [-0.2, 0) is 0 Å². The predicted octanol–water partition coefficient (Wildman–Crippen LogP) is 2.33. The molecule has 1 N–H and O–H groups in total. The van der Waals surface area contributed by atoms with Crippen LogP contribution in [0.3, 0.4) is 0 Å². The molecular weight excluding hydrogens is 294 g/mol. The second-order valence-corrected chi connectivity index (χ2v) is 5.05. The van der Waals surface area contributed by atoms with Crippen LogP contribution in [0, 0.1) is 6.92 Å². The van der Waals surface area contributed by atoms with Gasteiger partial charge >= 0.3 is 0 Å². The normalized spacial score (nSPS) is 11.9. The van der Waals surface area contributed by atoms with Gasteiger partial charge in [-0.25, -0.2) is 0 Å². The molecule has 3 heterocycles. The number of pyridine rings is 2. The Morgan fingerprint density at radius 2 is 2.09 bits per heavy atom. The fraction of sp³-hybridized carbons (Fsp3) is 0.188. The van der Waals surface area contributed by atoms with E-state index in [-0.39, 0.29) is 5.91 Å². The lowest BCUT2D eigenvalue weighted by molar-refractivity contribution is 0.0927. The van der Waals surface area contributed by atoms with Crippen LogP contribution in [0.15, 0.2) is 47.2 Å². The smallest absolute Gasteiger partial charge is 0.270 e. The number of nitrogens with one attached hydrogen (secondary N) is 1. The number of carbonyl (C=O) groups excluding carboxylic acids is 1. The number of nitrogens with zero attached hydrogens (tertiary/aromatic N) is 4. The fourth-order valence-electron chi connectivity index (χ4n) is 2.04. The van der Waals surface area contributed by atoms with Crippen LogP contribution in [0.25, 0.3) is 11.4 Å². The molecule has 3 aromatic rings. The van der Waals surface area contributed by atoms with Crippen LogP contribution in [-0.4, -0.2) is 26.0 Å². The molecule has 0 aliphatic carbocycles. The number of rotatable bonds is 4. The van der Waals surface area contributed by atoms with Crippen LogP contribution in [0.5, 0.6) is 0 Å². The minimum Gasteiger partial charge on any atom is -0.339 e. The minimum absolute atomic E-state index is 0.294. The fourth-order valence-corrected chi connectivity index (χ4v) is 2.04. The Kier molecular flexibility index (Phi) is 4.09. The number of hydrogen-bond acceptors (Lipinski definition) is 6. The van der Waals surface area contributed by atoms with Crippen molar-refractivity contribution in [3.8, 4) is 11.4 Å². The summed E-state index contributed by atoms with van der Waals surface area (Å²) in [6.45, 7) is 3.66. The zero-order valence-electron chi connectivity index (χ0n) is 12.7. The van der Waals surface area contributed by atoms with Crippen LogP contribution in [0.4, 0.5) is 0 Å². The highest BCUT2D eigenvalue weighted by molar-refractivity contribution is 5.92. The van der Waals surface area contributed by atoms with E-state index in [0.717, 1.165) is 11.3 Å². The topological polar surface area (TPSA) is 93.8 Å². The van der Waals surface area contributed by atoms with Gasteiger partial charge < -0.3 is 9.84 Å². The summed E-state index contributed by atoms with van der Waals surface area (Å²) in [4.78, 5) is 24.5. The highest BCUT2D eigenvalue weighted by Gasteiger charge is 2.18. The molecule has 0 aromatic carbocycles. The molecule has 0 bridgehead atoms. The second-order valence-electron chi connectivity index (χ2n) is 5.05. The molecule has 0 aliphatic heterocycles. The van der Waals surface area contributed by atoms with E-state index in [0.29, 0.717) is 17.4 Å². The van der Waals surface area contributed by atoms with Gasteiger partial charge in [0.2, 0.25) is 11.7 Å². The Morgan fingerprint density at radius 1 is 1.22 bits per heavy atom. The summed E-state index contributed by atoms with van der Waals surface area (Å²) >= 11 is 0. The van der Waals surface area contributed by atoms with Gasteiger partial charge in [0.05, 0.1) is 0 Å². The Balaban J connectivity index is 1.74. The molecule has 23 heavy (non-hydrogen) atoms. The molecule has 0 unspecified atom stereocenters. The third-order valence-electron chi connectivity index (χ3n) is 3.21. The van der Waals surface area contributed by atoms with Crippen molar-refractivity contribution in [1.29, 1.82) is 0 Å². The Morgan fingerprint density at radius 3 is 2.83 bits per heavy atom. The molecule has 0 saturated heterocycles. The first-order chi connectivity index (χ1) is 11.1. The maximum absolute atomic E-state index is 12.1. The maximum atomic E-state index is 12.1. The lowest BCUT2D eigenvalue weighted by atomic mass is 10.2. The lowest BCUT2D eigenvalue weighted by Crippen LogP contribution is -2.27. The van der Waals surface area contributed by atoms with Crippen LogP contribution >= 0.6 is 0 Å². The third kappa shape index (κ3) is 3.39. The van der Waals surface area contributed by atoms with Crippen molar-refractivity contribution < 1.29 is 9.32 Å². The average molecular weight is 309 g/mol. The van der Waals surface area contributed by atoms with Crippen molar-refractivity contribution in [2.24, 2.45) is 0 Å². The van der Waals surface area contributed by atoms with Crippen molar-refractivity contribution in [1.82, 2.24) is 25.4 Å². The molecule has 0 saturated carbocycles. The molecule has 7 heteroatoms. The highest BCUT2D eigenvalue weighted by Crippen LogP contribution is 2.18. The van der Waals surface area contributed by atoms with Gasteiger partial charge in [-0.05, 0) is 38.1 Å². The lowest BCUT2D eigenvalue weighted by Gasteiger charge is -2.08. The van der Waals surface area contributed by atoms with E-state index < -0.39 is 6.04 Å². The zero-order chi connectivity index (χ0) is 16.2. The largest absolute Gasteiger partial charge is 0.339 e. The molecule has 7 nitrogen and oxygen atoms in total. The van der Waals surface area contributed by atoms with Gasteiger partial charge in [-0.1, -0.05) is 11.2 Å². The number of amides is 1. The zero-order valence-corrected chi connectivity index (χ0v) is 12.7. The summed E-state index contributed by atoms with van der Waals surface area (Å²) in [6.07, 6.45) is 3.25. The molecule has 0 radical (unpaired) electrons. The van der Waals surface area contributed by atoms with Gasteiger partial charge in [0, 0.05) is 23.7 Å². The number of carbonyl (C=O) groups is 1. The van der Waals surface area contributed by atoms with Gasteiger partial charge in [-0.15, -0.1) is 0 Å². The van der Waals surface area contributed by atoms with E-state index in [9.17, 15) is 4.79 Å². The number of hydrogen-bond donors (Lipinski definition) is 1.